The van der Waals surface area contributed by atoms with E-state index in [2.05, 4.69) is 43.5 Å². The summed E-state index contributed by atoms with van der Waals surface area (Å²) in [4.78, 5) is 22.7. The molecular weight excluding hydrogens is 707 g/mol. The Labute approximate surface area is 340 Å². The molecule has 0 radical (unpaired) electrons. The smallest absolute Gasteiger partial charge is 0.387 e. The summed E-state index contributed by atoms with van der Waals surface area (Å²) < 4.78 is 22.1. The van der Waals surface area contributed by atoms with Crippen molar-refractivity contribution in [2.45, 2.75) is 231 Å². The highest BCUT2D eigenvalue weighted by Gasteiger charge is 2.26. The molecule has 3 unspecified atom stereocenters. The first kappa shape index (κ1) is 53.7. The molecular formula is C46H89N2O6P. The fourth-order valence-corrected chi connectivity index (χ4v) is 7.45. The Balaban J connectivity index is 4.24. The standard InChI is InChI=1S/C46H89N2O6P/c1-3-5-7-9-11-13-15-17-19-20-21-22-23-24-26-27-29-31-33-35-37-39-45(49)44(43-54-55(51,52)53-42-41-47)48-46(50)40-38-36-34-32-30-28-25-18-16-14-12-10-8-6-4-2/h23-24,29,31,37,39,44-45,49H,3-22,25-28,30,32-36,38,40-43,47H2,1-2H3,(H,48,50)(H,51,52)/b24-23+,31-29+,39-37+. The maximum absolute atomic E-state index is 12.8. The van der Waals surface area contributed by atoms with Gasteiger partial charge in [-0.25, -0.2) is 4.57 Å². The Morgan fingerprint density at radius 1 is 0.582 bits per heavy atom. The molecule has 0 saturated carbocycles. The lowest BCUT2D eigenvalue weighted by molar-refractivity contribution is -0.123. The topological polar surface area (TPSA) is 131 Å². The monoisotopic (exact) mass is 797 g/mol. The van der Waals surface area contributed by atoms with Gasteiger partial charge in [0.1, 0.15) is 0 Å². The van der Waals surface area contributed by atoms with Crippen LogP contribution in [0.2, 0.25) is 0 Å². The fourth-order valence-electron chi connectivity index (χ4n) is 6.69. The van der Waals surface area contributed by atoms with Crippen molar-refractivity contribution >= 4 is 13.7 Å². The Morgan fingerprint density at radius 2 is 0.964 bits per heavy atom. The number of carbonyl (C=O) groups is 1. The molecule has 0 aliphatic carbocycles. The quantitative estimate of drug-likeness (QED) is 0.0274. The molecule has 1 amide bonds. The van der Waals surface area contributed by atoms with E-state index in [0.717, 1.165) is 44.9 Å². The minimum atomic E-state index is -4.35. The van der Waals surface area contributed by atoms with Crippen molar-refractivity contribution in [2.24, 2.45) is 5.73 Å². The summed E-state index contributed by atoms with van der Waals surface area (Å²) in [5, 5.41) is 13.7. The van der Waals surface area contributed by atoms with E-state index in [-0.39, 0.29) is 25.7 Å². The van der Waals surface area contributed by atoms with E-state index >= 15 is 0 Å². The van der Waals surface area contributed by atoms with Gasteiger partial charge in [-0.15, -0.1) is 0 Å². The van der Waals surface area contributed by atoms with Gasteiger partial charge in [0.15, 0.2) is 0 Å². The summed E-state index contributed by atoms with van der Waals surface area (Å²) in [6.45, 7) is 4.12. The number of aliphatic hydroxyl groups is 1. The molecule has 9 heteroatoms. The van der Waals surface area contributed by atoms with E-state index in [1.54, 1.807) is 6.08 Å². The number of rotatable bonds is 43. The van der Waals surface area contributed by atoms with Crippen LogP contribution in [0.15, 0.2) is 36.5 Å². The molecule has 5 N–H and O–H groups in total. The van der Waals surface area contributed by atoms with E-state index in [4.69, 9.17) is 14.8 Å². The molecule has 3 atom stereocenters. The van der Waals surface area contributed by atoms with Crippen molar-refractivity contribution in [3.05, 3.63) is 36.5 Å². The zero-order valence-electron chi connectivity index (χ0n) is 35.9. The predicted molar refractivity (Wildman–Crippen MR) is 235 cm³/mol. The number of hydrogen-bond donors (Lipinski definition) is 4. The summed E-state index contributed by atoms with van der Waals surface area (Å²) in [7, 11) is -4.35. The Kier molecular flexibility index (Phi) is 41.3. The van der Waals surface area contributed by atoms with Gasteiger partial charge in [-0.2, -0.15) is 0 Å². The highest BCUT2D eigenvalue weighted by Crippen LogP contribution is 2.43. The molecule has 0 aromatic carbocycles. The number of phosphoric acid groups is 1. The van der Waals surface area contributed by atoms with Gasteiger partial charge in [0.2, 0.25) is 5.91 Å². The molecule has 0 bridgehead atoms. The number of amides is 1. The second-order valence-electron chi connectivity index (χ2n) is 15.6. The van der Waals surface area contributed by atoms with Crippen LogP contribution in [0, 0.1) is 0 Å². The summed E-state index contributed by atoms with van der Waals surface area (Å²) in [6, 6.07) is -0.880. The number of hydrogen-bond acceptors (Lipinski definition) is 6. The van der Waals surface area contributed by atoms with Crippen LogP contribution >= 0.6 is 7.82 Å². The molecule has 0 aliphatic rings. The van der Waals surface area contributed by atoms with Crippen molar-refractivity contribution in [3.63, 3.8) is 0 Å². The molecule has 0 heterocycles. The van der Waals surface area contributed by atoms with Crippen LogP contribution < -0.4 is 11.1 Å². The molecule has 0 saturated heterocycles. The number of carbonyl (C=O) groups excluding carboxylic acids is 1. The van der Waals surface area contributed by atoms with Crippen LogP contribution in [0.25, 0.3) is 0 Å². The third-order valence-electron chi connectivity index (χ3n) is 10.2. The summed E-state index contributed by atoms with van der Waals surface area (Å²) in [5.74, 6) is -0.206. The molecule has 8 nitrogen and oxygen atoms in total. The Morgan fingerprint density at radius 3 is 1.40 bits per heavy atom. The minimum Gasteiger partial charge on any atom is -0.387 e. The van der Waals surface area contributed by atoms with Gasteiger partial charge in [-0.05, 0) is 44.9 Å². The average molecular weight is 797 g/mol. The number of allylic oxidation sites excluding steroid dienone is 5. The first-order valence-electron chi connectivity index (χ1n) is 23.1. The van der Waals surface area contributed by atoms with E-state index in [0.29, 0.717) is 6.42 Å². The molecule has 55 heavy (non-hydrogen) atoms. The number of phosphoric ester groups is 1. The molecule has 0 aromatic rings. The second-order valence-corrected chi connectivity index (χ2v) is 17.1. The van der Waals surface area contributed by atoms with E-state index in [1.807, 2.05) is 6.08 Å². The van der Waals surface area contributed by atoms with Gasteiger partial charge in [-0.3, -0.25) is 13.8 Å². The van der Waals surface area contributed by atoms with Crippen molar-refractivity contribution in [2.75, 3.05) is 19.8 Å². The van der Waals surface area contributed by atoms with Crippen LogP contribution in [0.3, 0.4) is 0 Å². The van der Waals surface area contributed by atoms with Gasteiger partial charge in [0.25, 0.3) is 0 Å². The van der Waals surface area contributed by atoms with Crippen LogP contribution in [-0.2, 0) is 18.4 Å². The van der Waals surface area contributed by atoms with Crippen LogP contribution in [0.4, 0.5) is 0 Å². The zero-order chi connectivity index (χ0) is 40.3. The summed E-state index contributed by atoms with van der Waals surface area (Å²) >= 11 is 0. The van der Waals surface area contributed by atoms with E-state index < -0.39 is 20.0 Å². The normalized spacial score (nSPS) is 14.3. The van der Waals surface area contributed by atoms with Gasteiger partial charge < -0.3 is 21.1 Å². The van der Waals surface area contributed by atoms with Crippen LogP contribution in [0.5, 0.6) is 0 Å². The number of nitrogens with two attached hydrogens (primary N) is 1. The molecule has 324 valence electrons. The second kappa shape index (κ2) is 42.3. The summed E-state index contributed by atoms with van der Waals surface area (Å²) in [5.41, 5.74) is 5.37. The third kappa shape index (κ3) is 40.7. The molecule has 0 fully saturated rings. The Hall–Kier alpha value is -1.28. The van der Waals surface area contributed by atoms with Crippen LogP contribution in [-0.4, -0.2) is 47.8 Å². The summed E-state index contributed by atoms with van der Waals surface area (Å²) in [6.07, 6.45) is 50.6. The Bertz CT molecular complexity index is 959. The van der Waals surface area contributed by atoms with Gasteiger partial charge in [0.05, 0.1) is 25.4 Å². The highest BCUT2D eigenvalue weighted by molar-refractivity contribution is 7.47. The SMILES string of the molecule is CCCCCCCCCCCCC/C=C/CC/C=C/CC/C=C/C(O)C(COP(=O)(O)OCCN)NC(=O)CCCCCCCCCCCCCCCCC. The number of unbranched alkanes of at least 4 members (excludes halogenated alkanes) is 27. The maximum Gasteiger partial charge on any atom is 0.472 e. The number of aliphatic hydroxyl groups excluding tert-OH is 1. The lowest BCUT2D eigenvalue weighted by Crippen LogP contribution is -2.45. The number of nitrogens with one attached hydrogen (secondary N) is 1. The third-order valence-corrected chi connectivity index (χ3v) is 11.2. The lowest BCUT2D eigenvalue weighted by atomic mass is 10.0. The minimum absolute atomic E-state index is 0.0727. The molecule has 0 aliphatic heterocycles. The van der Waals surface area contributed by atoms with Gasteiger partial charge in [0, 0.05) is 13.0 Å². The lowest BCUT2D eigenvalue weighted by Gasteiger charge is -2.23. The first-order chi connectivity index (χ1) is 26.9. The first-order valence-corrected chi connectivity index (χ1v) is 24.6. The van der Waals surface area contributed by atoms with Crippen molar-refractivity contribution in [1.29, 1.82) is 0 Å². The molecule has 0 aromatic heterocycles. The van der Waals surface area contributed by atoms with Gasteiger partial charge in [-0.1, -0.05) is 204 Å². The largest absolute Gasteiger partial charge is 0.472 e. The highest BCUT2D eigenvalue weighted by atomic mass is 31.2. The van der Waals surface area contributed by atoms with Gasteiger partial charge >= 0.3 is 7.82 Å². The molecule has 0 rings (SSSR count). The van der Waals surface area contributed by atoms with Crippen molar-refractivity contribution in [1.82, 2.24) is 5.32 Å². The predicted octanol–water partition coefficient (Wildman–Crippen LogP) is 13.1. The van der Waals surface area contributed by atoms with Crippen molar-refractivity contribution < 1.29 is 28.4 Å². The van der Waals surface area contributed by atoms with Crippen molar-refractivity contribution in [3.8, 4) is 0 Å². The van der Waals surface area contributed by atoms with Crippen LogP contribution in [0.1, 0.15) is 219 Å². The maximum atomic E-state index is 12.8. The zero-order valence-corrected chi connectivity index (χ0v) is 36.8. The van der Waals surface area contributed by atoms with E-state index in [1.165, 1.54) is 154 Å². The average Bonchev–Trinajstić information content (AvgIpc) is 3.17. The van der Waals surface area contributed by atoms with E-state index in [9.17, 15) is 19.4 Å². The molecule has 0 spiro atoms. The fraction of sp³-hybridized carbons (Fsp3) is 0.848.